The predicted octanol–water partition coefficient (Wildman–Crippen LogP) is 12.8. The third-order valence-electron chi connectivity index (χ3n) is 9.47. The summed E-state index contributed by atoms with van der Waals surface area (Å²) in [6.07, 6.45) is 0. The lowest BCUT2D eigenvalue weighted by Gasteiger charge is -2.16. The summed E-state index contributed by atoms with van der Waals surface area (Å²) < 4.78 is 0. The van der Waals surface area contributed by atoms with Crippen molar-refractivity contribution >= 4 is 21.7 Å². The zero-order valence-electron chi connectivity index (χ0n) is 27.4. The molecule has 0 aliphatic heterocycles. The highest BCUT2D eigenvalue weighted by atomic mass is 14.7. The molecule has 0 radical (unpaired) electrons. The van der Waals surface area contributed by atoms with Crippen LogP contribution in [0.5, 0.6) is 0 Å². The lowest BCUT2D eigenvalue weighted by atomic mass is 9.90. The Bertz CT molecular complexity index is 2540. The molecule has 7 aromatic carbocycles. The molecule has 0 aliphatic carbocycles. The third kappa shape index (κ3) is 5.53. The molecule has 234 valence electrons. The van der Waals surface area contributed by atoms with Crippen molar-refractivity contribution in [2.24, 2.45) is 0 Å². The van der Waals surface area contributed by atoms with Gasteiger partial charge in [-0.15, -0.1) is 0 Å². The number of fused-ring (bicyclic) bond motifs is 3. The van der Waals surface area contributed by atoms with Gasteiger partial charge >= 0.3 is 0 Å². The summed E-state index contributed by atoms with van der Waals surface area (Å²) in [4.78, 5) is 10.5. The molecule has 2 nitrogen and oxygen atoms in total. The molecule has 2 heteroatoms. The van der Waals surface area contributed by atoms with Gasteiger partial charge in [0.15, 0.2) is 0 Å². The average Bonchev–Trinajstić information content (AvgIpc) is 3.21. The topological polar surface area (TPSA) is 25.8 Å². The first-order chi connectivity index (χ1) is 24.8. The van der Waals surface area contributed by atoms with Crippen LogP contribution in [0.25, 0.3) is 88.8 Å². The zero-order valence-corrected chi connectivity index (χ0v) is 27.4. The van der Waals surface area contributed by atoms with Gasteiger partial charge in [-0.1, -0.05) is 170 Å². The summed E-state index contributed by atoms with van der Waals surface area (Å²) in [5.41, 5.74) is 14.1. The highest BCUT2D eigenvalue weighted by Crippen LogP contribution is 2.41. The zero-order chi connectivity index (χ0) is 33.3. The first kappa shape index (κ1) is 29.5. The molecule has 0 unspecified atom stereocenters. The first-order valence-electron chi connectivity index (χ1n) is 17.0. The third-order valence-corrected chi connectivity index (χ3v) is 9.47. The van der Waals surface area contributed by atoms with E-state index >= 15 is 0 Å². The van der Waals surface area contributed by atoms with Crippen molar-refractivity contribution in [1.82, 2.24) is 9.97 Å². The minimum atomic E-state index is 0.943. The Balaban J connectivity index is 1.23. The highest BCUT2D eigenvalue weighted by molar-refractivity contribution is 6.16. The van der Waals surface area contributed by atoms with Gasteiger partial charge in [0.1, 0.15) is 0 Å². The smallest absolute Gasteiger partial charge is 0.0794 e. The van der Waals surface area contributed by atoms with E-state index in [0.717, 1.165) is 66.8 Å². The number of nitrogens with zero attached hydrogens (tertiary/aromatic N) is 2. The van der Waals surface area contributed by atoms with Crippen LogP contribution in [0.4, 0.5) is 0 Å². The summed E-state index contributed by atoms with van der Waals surface area (Å²) >= 11 is 0. The minimum Gasteiger partial charge on any atom is -0.248 e. The Hall–Kier alpha value is -6.64. The summed E-state index contributed by atoms with van der Waals surface area (Å²) in [5.74, 6) is 0. The van der Waals surface area contributed by atoms with Crippen LogP contribution in [0, 0.1) is 0 Å². The van der Waals surface area contributed by atoms with Crippen molar-refractivity contribution in [3.8, 4) is 67.2 Å². The van der Waals surface area contributed by atoms with E-state index in [1.807, 2.05) is 6.07 Å². The van der Waals surface area contributed by atoms with Crippen molar-refractivity contribution in [2.45, 2.75) is 0 Å². The molecule has 0 amide bonds. The Morgan fingerprint density at radius 1 is 0.240 bits per heavy atom. The molecule has 2 heterocycles. The van der Waals surface area contributed by atoms with Gasteiger partial charge < -0.3 is 0 Å². The van der Waals surface area contributed by atoms with E-state index in [-0.39, 0.29) is 0 Å². The van der Waals surface area contributed by atoms with Crippen LogP contribution in [0.2, 0.25) is 0 Å². The van der Waals surface area contributed by atoms with E-state index in [2.05, 4.69) is 188 Å². The fourth-order valence-corrected chi connectivity index (χ4v) is 6.96. The van der Waals surface area contributed by atoms with Gasteiger partial charge in [0.25, 0.3) is 0 Å². The molecule has 0 aliphatic rings. The Labute approximate surface area is 292 Å². The van der Waals surface area contributed by atoms with Gasteiger partial charge in [-0.25, -0.2) is 9.97 Å². The maximum Gasteiger partial charge on any atom is 0.0794 e. The summed E-state index contributed by atoms with van der Waals surface area (Å²) in [6.45, 7) is 0. The molecule has 0 saturated carbocycles. The largest absolute Gasteiger partial charge is 0.248 e. The van der Waals surface area contributed by atoms with Crippen LogP contribution in [-0.4, -0.2) is 9.97 Å². The number of aromatic nitrogens is 2. The monoisotopic (exact) mass is 636 g/mol. The molecule has 9 aromatic rings. The van der Waals surface area contributed by atoms with Gasteiger partial charge in [-0.05, 0) is 63.0 Å². The molecule has 2 aromatic heterocycles. The number of hydrogen-bond donors (Lipinski definition) is 0. The van der Waals surface area contributed by atoms with Gasteiger partial charge in [0, 0.05) is 27.5 Å². The fourth-order valence-electron chi connectivity index (χ4n) is 6.96. The second-order valence-electron chi connectivity index (χ2n) is 12.6. The Morgan fingerprint density at radius 3 is 1.22 bits per heavy atom. The molecule has 9 rings (SSSR count). The maximum atomic E-state index is 5.33. The van der Waals surface area contributed by atoms with Gasteiger partial charge in [0.05, 0.1) is 22.6 Å². The van der Waals surface area contributed by atoms with Crippen molar-refractivity contribution in [1.29, 1.82) is 0 Å². The molecule has 0 fully saturated rings. The molecular formula is C48H32N2. The van der Waals surface area contributed by atoms with Crippen molar-refractivity contribution in [2.75, 3.05) is 0 Å². The van der Waals surface area contributed by atoms with Crippen molar-refractivity contribution < 1.29 is 0 Å². The second kappa shape index (κ2) is 12.8. The molecular weight excluding hydrogens is 605 g/mol. The van der Waals surface area contributed by atoms with Crippen LogP contribution >= 0.6 is 0 Å². The van der Waals surface area contributed by atoms with Gasteiger partial charge in [-0.2, -0.15) is 0 Å². The summed E-state index contributed by atoms with van der Waals surface area (Å²) in [5, 5.41) is 3.48. The number of rotatable bonds is 6. The predicted molar refractivity (Wildman–Crippen MR) is 210 cm³/mol. The van der Waals surface area contributed by atoms with Crippen LogP contribution in [0.1, 0.15) is 0 Å². The normalized spacial score (nSPS) is 11.2. The molecule has 0 atom stereocenters. The Morgan fingerprint density at radius 2 is 0.640 bits per heavy atom. The average molecular weight is 637 g/mol. The lowest BCUT2D eigenvalue weighted by molar-refractivity contribution is 1.32. The number of pyridine rings is 2. The van der Waals surface area contributed by atoms with Gasteiger partial charge in [-0.3, -0.25) is 0 Å². The minimum absolute atomic E-state index is 0.943. The van der Waals surface area contributed by atoms with Crippen LogP contribution in [-0.2, 0) is 0 Å². The standard InChI is InChI=1S/C48H32N2/c1-5-15-33(16-6-1)39-29-45(36-19-9-3-10-20-36)49-46(30-39)38-27-25-35(26-28-38)43-32-47(37-21-11-4-12-22-37)50-48-41-24-14-13-23-40(41)42(31-44(43)48)34-17-7-2-8-18-34/h1-32H. The first-order valence-corrected chi connectivity index (χ1v) is 17.0. The number of benzene rings is 7. The van der Waals surface area contributed by atoms with Crippen LogP contribution in [0.15, 0.2) is 194 Å². The van der Waals surface area contributed by atoms with Crippen LogP contribution in [0.3, 0.4) is 0 Å². The summed E-state index contributed by atoms with van der Waals surface area (Å²) in [6, 6.07) is 68.6. The lowest BCUT2D eigenvalue weighted by Crippen LogP contribution is -1.94. The van der Waals surface area contributed by atoms with Crippen molar-refractivity contribution in [3.05, 3.63) is 194 Å². The van der Waals surface area contributed by atoms with E-state index in [0.29, 0.717) is 0 Å². The van der Waals surface area contributed by atoms with Crippen LogP contribution < -0.4 is 0 Å². The van der Waals surface area contributed by atoms with E-state index < -0.39 is 0 Å². The van der Waals surface area contributed by atoms with E-state index in [4.69, 9.17) is 9.97 Å². The fraction of sp³-hybridized carbons (Fsp3) is 0. The second-order valence-corrected chi connectivity index (χ2v) is 12.6. The molecule has 0 saturated heterocycles. The highest BCUT2D eigenvalue weighted by Gasteiger charge is 2.16. The molecule has 0 bridgehead atoms. The molecule has 0 N–H and O–H groups in total. The molecule has 0 spiro atoms. The number of hydrogen-bond acceptors (Lipinski definition) is 2. The summed E-state index contributed by atoms with van der Waals surface area (Å²) in [7, 11) is 0. The van der Waals surface area contributed by atoms with Crippen molar-refractivity contribution in [3.63, 3.8) is 0 Å². The Kier molecular flexibility index (Phi) is 7.53. The maximum absolute atomic E-state index is 5.33. The van der Waals surface area contributed by atoms with Gasteiger partial charge in [0.2, 0.25) is 0 Å². The quantitative estimate of drug-likeness (QED) is 0.170. The molecule has 50 heavy (non-hydrogen) atoms. The van der Waals surface area contributed by atoms with E-state index in [1.54, 1.807) is 0 Å². The van der Waals surface area contributed by atoms with E-state index in [1.165, 1.54) is 22.1 Å². The SMILES string of the molecule is c1ccc(-c2cc(-c3ccccc3)nc(-c3ccc(-c4cc(-c5ccccc5)nc5c4cc(-c4ccccc4)c4ccccc45)cc3)c2)cc1. The van der Waals surface area contributed by atoms with E-state index in [9.17, 15) is 0 Å².